The number of carbonyl (C=O) groups is 2. The van der Waals surface area contributed by atoms with E-state index in [-0.39, 0.29) is 62.0 Å². The van der Waals surface area contributed by atoms with Crippen LogP contribution in [-0.2, 0) is 85.3 Å². The Morgan fingerprint density at radius 1 is 0.257 bits per heavy atom. The van der Waals surface area contributed by atoms with Crippen LogP contribution in [0.2, 0.25) is 0 Å². The summed E-state index contributed by atoms with van der Waals surface area (Å²) in [5.41, 5.74) is 12.9. The van der Waals surface area contributed by atoms with Gasteiger partial charge in [-0.05, 0) is 72.2 Å². The van der Waals surface area contributed by atoms with Gasteiger partial charge in [-0.2, -0.15) is 0 Å². The molecule has 22 heteroatoms. The predicted octanol–water partition coefficient (Wildman–Crippen LogP) is 13.3. The fourth-order valence-electron chi connectivity index (χ4n) is 11.1. The first-order valence-corrected chi connectivity index (χ1v) is 37.8. The second kappa shape index (κ2) is 54.5. The topological polar surface area (TPSA) is 222 Å². The van der Waals surface area contributed by atoms with Gasteiger partial charge in [-0.25, -0.2) is 4.98 Å². The summed E-state index contributed by atoms with van der Waals surface area (Å²) in [6.07, 6.45) is 0.823. The zero-order chi connectivity index (χ0) is 77.1. The molecule has 0 fully saturated rings. The fourth-order valence-corrected chi connectivity index (χ4v) is 11.1. The Morgan fingerprint density at radius 3 is 0.725 bits per heavy atom. The van der Waals surface area contributed by atoms with E-state index in [2.05, 4.69) is 97.1 Å². The van der Waals surface area contributed by atoms with E-state index >= 15 is 0 Å². The van der Waals surface area contributed by atoms with Crippen molar-refractivity contribution >= 4 is 12.6 Å². The molecular weight excluding hydrogens is 1390 g/mol. The van der Waals surface area contributed by atoms with Crippen molar-refractivity contribution in [3.8, 4) is 72.8 Å². The van der Waals surface area contributed by atoms with Crippen LogP contribution in [0.15, 0.2) is 158 Å². The van der Waals surface area contributed by atoms with Crippen LogP contribution in [0.1, 0.15) is 48.4 Å². The van der Waals surface area contributed by atoms with Gasteiger partial charge in [0.15, 0.2) is 0 Å². The van der Waals surface area contributed by atoms with Gasteiger partial charge in [-0.15, -0.1) is 0 Å². The molecule has 7 rings (SSSR count). The molecule has 0 aliphatic carbocycles. The summed E-state index contributed by atoms with van der Waals surface area (Å²) in [7, 11) is 6.58. The molecule has 0 spiro atoms. The SMILES string of the molecule is COCCOCCOC[C@H](C)OCC(COCC(COCC(CO[C@@H](C)COCCOCCOC)CO[C@@H](C)COCCOCCOC)COc1cc(-c2ccc(-c3ccc(-c4ccc(C=O)cc4)cc3)cc2)nc(-c2ccc(-c3ccc(-c4ccc(C=O)cc4)cc3)cc2)c1)CO[C@@H](C)COCCOCCOC. The van der Waals surface area contributed by atoms with Gasteiger partial charge in [0.1, 0.15) is 18.3 Å². The van der Waals surface area contributed by atoms with Crippen molar-refractivity contribution in [3.05, 3.63) is 169 Å². The molecule has 0 aliphatic rings. The van der Waals surface area contributed by atoms with Crippen LogP contribution >= 0.6 is 0 Å². The Balaban J connectivity index is 1.14. The lowest BCUT2D eigenvalue weighted by molar-refractivity contribution is -0.0869. The molecule has 0 N–H and O–H groups in total. The third kappa shape index (κ3) is 35.9. The average Bonchev–Trinajstić information content (AvgIpc) is 0.808. The largest absolute Gasteiger partial charge is 0.493 e. The highest BCUT2D eigenvalue weighted by Crippen LogP contribution is 2.34. The molecule has 0 saturated carbocycles. The number of rotatable bonds is 63. The van der Waals surface area contributed by atoms with Gasteiger partial charge in [-0.1, -0.05) is 146 Å². The summed E-state index contributed by atoms with van der Waals surface area (Å²) in [6, 6.07) is 52.7. The van der Waals surface area contributed by atoms with Gasteiger partial charge in [0.05, 0.1) is 227 Å². The maximum atomic E-state index is 11.4. The van der Waals surface area contributed by atoms with E-state index in [0.717, 1.165) is 79.6 Å². The van der Waals surface area contributed by atoms with E-state index in [0.29, 0.717) is 189 Å². The monoisotopic (exact) mass is 1510 g/mol. The highest BCUT2D eigenvalue weighted by molar-refractivity contribution is 5.80. The smallest absolute Gasteiger partial charge is 0.150 e. The maximum Gasteiger partial charge on any atom is 0.150 e. The van der Waals surface area contributed by atoms with Crippen LogP contribution < -0.4 is 4.74 Å². The first-order chi connectivity index (χ1) is 53.5. The first kappa shape index (κ1) is 89.1. The minimum absolute atomic E-state index is 0.174. The Kier molecular flexibility index (Phi) is 44.6. The third-order valence-corrected chi connectivity index (χ3v) is 17.3. The van der Waals surface area contributed by atoms with Gasteiger partial charge < -0.3 is 90.0 Å². The minimum atomic E-state index is -0.290. The number of aromatic nitrogens is 1. The van der Waals surface area contributed by atoms with Crippen molar-refractivity contribution < 1.29 is 99.6 Å². The van der Waals surface area contributed by atoms with Gasteiger partial charge in [0.2, 0.25) is 0 Å². The lowest BCUT2D eigenvalue weighted by atomic mass is 9.98. The molecule has 7 aromatic rings. The Labute approximate surface area is 645 Å². The average molecular weight is 1510 g/mol. The van der Waals surface area contributed by atoms with Crippen LogP contribution in [0.25, 0.3) is 67.0 Å². The molecule has 0 unspecified atom stereocenters. The lowest BCUT2D eigenvalue weighted by Crippen LogP contribution is -2.32. The van der Waals surface area contributed by atoms with E-state index in [9.17, 15) is 9.59 Å². The molecule has 596 valence electrons. The summed E-state index contributed by atoms with van der Waals surface area (Å²) >= 11 is 0. The van der Waals surface area contributed by atoms with Gasteiger partial charge in [-0.3, -0.25) is 9.59 Å². The predicted molar refractivity (Wildman–Crippen MR) is 421 cm³/mol. The van der Waals surface area contributed by atoms with E-state index in [1.165, 1.54) is 0 Å². The number of ether oxygens (including phenoxy) is 19. The zero-order valence-corrected chi connectivity index (χ0v) is 65.2. The van der Waals surface area contributed by atoms with Gasteiger partial charge in [0.25, 0.3) is 0 Å². The molecule has 0 amide bonds. The summed E-state index contributed by atoms with van der Waals surface area (Å²) in [4.78, 5) is 28.0. The molecule has 6 aromatic carbocycles. The van der Waals surface area contributed by atoms with Gasteiger partial charge in [0, 0.05) is 80.6 Å². The van der Waals surface area contributed by atoms with Crippen molar-refractivity contribution in [1.29, 1.82) is 0 Å². The first-order valence-electron chi connectivity index (χ1n) is 37.8. The van der Waals surface area contributed by atoms with Crippen molar-refractivity contribution in [2.75, 3.05) is 220 Å². The number of hydrogen-bond donors (Lipinski definition) is 0. The summed E-state index contributed by atoms with van der Waals surface area (Å²) in [5, 5.41) is 0. The maximum absolute atomic E-state index is 11.4. The normalized spacial score (nSPS) is 12.8. The second-order valence-electron chi connectivity index (χ2n) is 26.6. The van der Waals surface area contributed by atoms with Crippen molar-refractivity contribution in [2.24, 2.45) is 17.8 Å². The molecular formula is C87H117NO21. The zero-order valence-electron chi connectivity index (χ0n) is 65.2. The molecule has 0 aliphatic heterocycles. The molecule has 1 heterocycles. The molecule has 0 bridgehead atoms. The molecule has 109 heavy (non-hydrogen) atoms. The second-order valence-corrected chi connectivity index (χ2v) is 26.6. The highest BCUT2D eigenvalue weighted by atomic mass is 16.6. The fraction of sp³-hybridized carbons (Fsp3) is 0.506. The Hall–Kier alpha value is -7.11. The van der Waals surface area contributed by atoms with E-state index in [4.69, 9.17) is 95.0 Å². The number of pyridine rings is 1. The minimum Gasteiger partial charge on any atom is -0.493 e. The van der Waals surface area contributed by atoms with E-state index < -0.39 is 0 Å². The molecule has 0 saturated heterocycles. The quantitative estimate of drug-likeness (QED) is 0.0255. The van der Waals surface area contributed by atoms with Crippen molar-refractivity contribution in [3.63, 3.8) is 0 Å². The number of benzene rings is 6. The lowest BCUT2D eigenvalue weighted by Gasteiger charge is -2.25. The summed E-state index contributed by atoms with van der Waals surface area (Å²) < 4.78 is 113. The number of aldehydes is 2. The van der Waals surface area contributed by atoms with Crippen molar-refractivity contribution in [2.45, 2.75) is 52.1 Å². The van der Waals surface area contributed by atoms with Crippen LogP contribution in [0.3, 0.4) is 0 Å². The number of carbonyl (C=O) groups excluding carboxylic acids is 2. The Morgan fingerprint density at radius 2 is 0.477 bits per heavy atom. The number of hydrogen-bond acceptors (Lipinski definition) is 22. The molecule has 1 aromatic heterocycles. The molecule has 22 nitrogen and oxygen atoms in total. The highest BCUT2D eigenvalue weighted by Gasteiger charge is 2.22. The third-order valence-electron chi connectivity index (χ3n) is 17.3. The van der Waals surface area contributed by atoms with E-state index in [1.807, 2.05) is 88.4 Å². The summed E-state index contributed by atoms with van der Waals surface area (Å²) in [5.74, 6) is -0.0300. The standard InChI is InChI=1S/C87H117NO21/c1-66(53-99-45-41-95-37-33-91-5)105-61-73(62-106-67(2)54-100-46-42-96-38-34-92-6)59-103-57-72(58-104-60-74(63-107-68(3)55-101-47-43-97-39-35-93-7)64-108-69(4)56-102-48-44-98-40-36-94-8)65-109-85-49-86(83-29-25-81(26-30-83)79-21-17-77(18-22-79)75-13-9-70(51-89)10-14-75)88-87(50-85)84-31-27-82(28-32-84)80-23-19-78(20-24-80)76-15-11-71(52-90)12-16-76/h9-32,49-52,66-69,72-74H,33-48,53-65H2,1-8H3/t66-,67-,68-,69-/m0/s1. The van der Waals surface area contributed by atoms with E-state index in [1.54, 1.807) is 28.4 Å². The molecule has 4 atom stereocenters. The van der Waals surface area contributed by atoms with Crippen molar-refractivity contribution in [1.82, 2.24) is 4.98 Å². The van der Waals surface area contributed by atoms with Crippen LogP contribution in [0, 0.1) is 17.8 Å². The molecule has 0 radical (unpaired) electrons. The van der Waals surface area contributed by atoms with Crippen LogP contribution in [-0.4, -0.2) is 262 Å². The van der Waals surface area contributed by atoms with Crippen LogP contribution in [0.5, 0.6) is 5.75 Å². The summed E-state index contributed by atoms with van der Waals surface area (Å²) in [6.45, 7) is 19.7. The van der Waals surface area contributed by atoms with Gasteiger partial charge >= 0.3 is 0 Å². The number of nitrogens with zero attached hydrogens (tertiary/aromatic N) is 1. The van der Waals surface area contributed by atoms with Crippen LogP contribution in [0.4, 0.5) is 0 Å². The number of methoxy groups -OCH3 is 4. The Bertz CT molecular complexity index is 3200.